The zero-order valence-electron chi connectivity index (χ0n) is 11.4. The molecule has 0 spiro atoms. The summed E-state index contributed by atoms with van der Waals surface area (Å²) in [7, 11) is 0. The van der Waals surface area contributed by atoms with E-state index < -0.39 is 0 Å². The Hall–Kier alpha value is -0.640. The smallest absolute Gasteiger partial charge is 0.0371 e. The van der Waals surface area contributed by atoms with Crippen LogP contribution in [0.25, 0.3) is 0 Å². The molecule has 0 aliphatic rings. The van der Waals surface area contributed by atoms with Gasteiger partial charge in [-0.25, -0.2) is 0 Å². The minimum Gasteiger partial charge on any atom is -0.310 e. The highest BCUT2D eigenvalue weighted by Crippen LogP contribution is 2.26. The van der Waals surface area contributed by atoms with Crippen molar-refractivity contribution in [2.45, 2.75) is 32.7 Å². The highest BCUT2D eigenvalue weighted by Gasteiger charge is 2.14. The average molecular weight is 338 g/mol. The van der Waals surface area contributed by atoms with E-state index >= 15 is 0 Å². The van der Waals surface area contributed by atoms with Crippen molar-refractivity contribution < 1.29 is 0 Å². The van der Waals surface area contributed by atoms with Crippen LogP contribution in [0, 0.1) is 6.92 Å². The van der Waals surface area contributed by atoms with E-state index in [-0.39, 0.29) is 0 Å². The summed E-state index contributed by atoms with van der Waals surface area (Å²) in [5, 5.41) is 5.86. The molecule has 2 rings (SSSR count). The lowest BCUT2D eigenvalue weighted by Crippen LogP contribution is -2.24. The Morgan fingerprint density at radius 1 is 1.21 bits per heavy atom. The molecular weight excluding hydrogens is 318 g/mol. The third-order valence-corrected chi connectivity index (χ3v) is 4.66. The molecule has 1 aromatic heterocycles. The van der Waals surface area contributed by atoms with E-state index in [0.29, 0.717) is 6.04 Å². The van der Waals surface area contributed by atoms with Gasteiger partial charge in [-0.05, 0) is 61.0 Å². The van der Waals surface area contributed by atoms with E-state index in [1.54, 1.807) is 0 Å². The molecule has 2 aromatic rings. The van der Waals surface area contributed by atoms with Crippen molar-refractivity contribution >= 4 is 27.3 Å². The molecule has 0 fully saturated rings. The van der Waals surface area contributed by atoms with Crippen molar-refractivity contribution in [2.24, 2.45) is 0 Å². The number of hydrogen-bond donors (Lipinski definition) is 1. The van der Waals surface area contributed by atoms with Crippen LogP contribution in [0.1, 0.15) is 35.4 Å². The summed E-state index contributed by atoms with van der Waals surface area (Å²) in [5.41, 5.74) is 2.82. The summed E-state index contributed by atoms with van der Waals surface area (Å²) in [5.74, 6) is 0. The number of halogens is 1. The lowest BCUT2D eigenvalue weighted by Gasteiger charge is -2.19. The van der Waals surface area contributed by atoms with Gasteiger partial charge in [0.2, 0.25) is 0 Å². The van der Waals surface area contributed by atoms with Crippen LogP contribution in [0.3, 0.4) is 0 Å². The molecule has 0 amide bonds. The highest BCUT2D eigenvalue weighted by atomic mass is 79.9. The topological polar surface area (TPSA) is 12.0 Å². The largest absolute Gasteiger partial charge is 0.310 e. The molecular formula is C16H20BrNS. The second-order valence-electron chi connectivity index (χ2n) is 4.77. The second kappa shape index (κ2) is 7.22. The van der Waals surface area contributed by atoms with Gasteiger partial charge in [0.25, 0.3) is 0 Å². The number of aryl methyl sites for hydroxylation is 1. The first-order chi connectivity index (χ1) is 9.20. The molecule has 0 aliphatic carbocycles. The predicted molar refractivity (Wildman–Crippen MR) is 87.9 cm³/mol. The number of benzene rings is 1. The van der Waals surface area contributed by atoms with Gasteiger partial charge in [0.15, 0.2) is 0 Å². The first kappa shape index (κ1) is 14.8. The fourth-order valence-corrected chi connectivity index (χ4v) is 3.25. The quantitative estimate of drug-likeness (QED) is 0.772. The lowest BCUT2D eigenvalue weighted by atomic mass is 9.99. The molecule has 1 N–H and O–H groups in total. The molecule has 0 bridgehead atoms. The maximum atomic E-state index is 3.67. The molecule has 0 aliphatic heterocycles. The lowest BCUT2D eigenvalue weighted by molar-refractivity contribution is 0.529. The van der Waals surface area contributed by atoms with E-state index in [9.17, 15) is 0 Å². The summed E-state index contributed by atoms with van der Waals surface area (Å²) >= 11 is 5.32. The van der Waals surface area contributed by atoms with Gasteiger partial charge in [-0.1, -0.05) is 35.0 Å². The third-order valence-electron chi connectivity index (χ3n) is 3.27. The van der Waals surface area contributed by atoms with Crippen LogP contribution in [0.5, 0.6) is 0 Å². The van der Waals surface area contributed by atoms with Crippen LogP contribution < -0.4 is 5.32 Å². The highest BCUT2D eigenvalue weighted by molar-refractivity contribution is 9.10. The van der Waals surface area contributed by atoms with Crippen molar-refractivity contribution in [2.75, 3.05) is 6.54 Å². The first-order valence-corrected chi connectivity index (χ1v) is 8.39. The monoisotopic (exact) mass is 337 g/mol. The molecule has 0 radical (unpaired) electrons. The van der Waals surface area contributed by atoms with Crippen molar-refractivity contribution in [3.63, 3.8) is 0 Å². The second-order valence-corrected chi connectivity index (χ2v) is 6.81. The van der Waals surface area contributed by atoms with Crippen LogP contribution in [0.15, 0.2) is 40.2 Å². The molecule has 1 nitrogen and oxygen atoms in total. The van der Waals surface area contributed by atoms with Gasteiger partial charge < -0.3 is 5.32 Å². The van der Waals surface area contributed by atoms with Gasteiger partial charge in [-0.15, -0.1) is 11.3 Å². The van der Waals surface area contributed by atoms with Gasteiger partial charge in [0.05, 0.1) is 0 Å². The van der Waals surface area contributed by atoms with Crippen LogP contribution in [-0.4, -0.2) is 6.54 Å². The van der Waals surface area contributed by atoms with E-state index in [1.807, 2.05) is 11.3 Å². The Bertz CT molecular complexity index is 504. The van der Waals surface area contributed by atoms with E-state index in [1.165, 1.54) is 22.4 Å². The minimum absolute atomic E-state index is 0.423. The molecule has 0 saturated heterocycles. The average Bonchev–Trinajstić information content (AvgIpc) is 2.83. The van der Waals surface area contributed by atoms with Gasteiger partial charge in [0.1, 0.15) is 0 Å². The van der Waals surface area contributed by atoms with Gasteiger partial charge >= 0.3 is 0 Å². The van der Waals surface area contributed by atoms with Gasteiger partial charge in [-0.2, -0.15) is 0 Å². The maximum absolute atomic E-state index is 3.67. The zero-order valence-corrected chi connectivity index (χ0v) is 13.9. The van der Waals surface area contributed by atoms with Crippen molar-refractivity contribution in [3.05, 3.63) is 56.2 Å². The zero-order chi connectivity index (χ0) is 13.7. The summed E-state index contributed by atoms with van der Waals surface area (Å²) in [6.07, 6.45) is 2.21. The Morgan fingerprint density at radius 3 is 2.53 bits per heavy atom. The van der Waals surface area contributed by atoms with E-state index in [2.05, 4.69) is 70.8 Å². The SMILES string of the molecule is CCCNC(Cc1ccc(Br)cc1)c1ccsc1C. The van der Waals surface area contributed by atoms with E-state index in [4.69, 9.17) is 0 Å². The fraction of sp³-hybridized carbons (Fsp3) is 0.375. The molecule has 102 valence electrons. The number of nitrogens with one attached hydrogen (secondary N) is 1. The molecule has 1 unspecified atom stereocenters. The molecule has 1 heterocycles. The van der Waals surface area contributed by atoms with Crippen LogP contribution in [0.2, 0.25) is 0 Å². The summed E-state index contributed by atoms with van der Waals surface area (Å²) in [6.45, 7) is 5.49. The van der Waals surface area contributed by atoms with Crippen molar-refractivity contribution in [1.82, 2.24) is 5.32 Å². The van der Waals surface area contributed by atoms with Gasteiger partial charge in [-0.3, -0.25) is 0 Å². The molecule has 3 heteroatoms. The Kier molecular flexibility index (Phi) is 5.61. The molecule has 0 saturated carbocycles. The standard InChI is InChI=1S/C16H20BrNS/c1-3-9-18-16(15-8-10-19-12(15)2)11-13-4-6-14(17)7-5-13/h4-8,10,16,18H,3,9,11H2,1-2H3. The summed E-state index contributed by atoms with van der Waals surface area (Å²) in [4.78, 5) is 1.42. The molecule has 1 aromatic carbocycles. The number of rotatable bonds is 6. The number of thiophene rings is 1. The van der Waals surface area contributed by atoms with Crippen LogP contribution in [-0.2, 0) is 6.42 Å². The number of hydrogen-bond acceptors (Lipinski definition) is 2. The molecule has 1 atom stereocenters. The Morgan fingerprint density at radius 2 is 1.95 bits per heavy atom. The van der Waals surface area contributed by atoms with Crippen LogP contribution in [0.4, 0.5) is 0 Å². The normalized spacial score (nSPS) is 12.6. The maximum Gasteiger partial charge on any atom is 0.0371 e. The van der Waals surface area contributed by atoms with E-state index in [0.717, 1.165) is 17.4 Å². The third kappa shape index (κ3) is 4.16. The Labute approximate surface area is 128 Å². The van der Waals surface area contributed by atoms with Crippen molar-refractivity contribution in [1.29, 1.82) is 0 Å². The summed E-state index contributed by atoms with van der Waals surface area (Å²) in [6, 6.07) is 11.3. The summed E-state index contributed by atoms with van der Waals surface area (Å²) < 4.78 is 1.14. The van der Waals surface area contributed by atoms with Crippen molar-refractivity contribution in [3.8, 4) is 0 Å². The van der Waals surface area contributed by atoms with Gasteiger partial charge in [0, 0.05) is 15.4 Å². The van der Waals surface area contributed by atoms with Crippen LogP contribution >= 0.6 is 27.3 Å². The molecule has 19 heavy (non-hydrogen) atoms. The minimum atomic E-state index is 0.423. The Balaban J connectivity index is 2.14. The fourth-order valence-electron chi connectivity index (χ4n) is 2.22. The first-order valence-electron chi connectivity index (χ1n) is 6.72. The predicted octanol–water partition coefficient (Wildman–Crippen LogP) is 5.10.